The van der Waals surface area contributed by atoms with Crippen LogP contribution in [0.1, 0.15) is 69.5 Å². The summed E-state index contributed by atoms with van der Waals surface area (Å²) in [5.74, 6) is 3.20. The fourth-order valence-electron chi connectivity index (χ4n) is 7.90. The van der Waals surface area contributed by atoms with E-state index in [1.807, 2.05) is 10.7 Å². The fourth-order valence-corrected chi connectivity index (χ4v) is 7.90. The number of hydrogen-bond acceptors (Lipinski definition) is 4. The minimum atomic E-state index is -0.132. The number of aromatic nitrogens is 2. The maximum atomic E-state index is 13.9. The molecule has 7 rings (SSSR count). The van der Waals surface area contributed by atoms with Crippen molar-refractivity contribution >= 4 is 11.8 Å². The molecule has 4 saturated carbocycles. The Morgan fingerprint density at radius 1 is 1.09 bits per heavy atom. The summed E-state index contributed by atoms with van der Waals surface area (Å²) < 4.78 is 7.40. The van der Waals surface area contributed by atoms with Crippen molar-refractivity contribution in [2.75, 3.05) is 26.3 Å². The molecule has 32 heavy (non-hydrogen) atoms. The third-order valence-electron chi connectivity index (χ3n) is 9.01. The molecule has 1 aromatic heterocycles. The summed E-state index contributed by atoms with van der Waals surface area (Å²) in [7, 11) is 0. The maximum Gasteiger partial charge on any atom is 0.229 e. The number of nitrogens with zero attached hydrogens (tertiary/aromatic N) is 3. The van der Waals surface area contributed by atoms with Gasteiger partial charge in [-0.3, -0.25) is 14.3 Å². The number of fused-ring (bicyclic) bond motifs is 1. The molecule has 2 aliphatic heterocycles. The molecule has 174 valence electrons. The van der Waals surface area contributed by atoms with Crippen LogP contribution in [0.25, 0.3) is 0 Å². The molecule has 0 unspecified atom stereocenters. The Labute approximate surface area is 190 Å². The highest BCUT2D eigenvalue weighted by Crippen LogP contribution is 2.60. The Morgan fingerprint density at radius 2 is 1.78 bits per heavy atom. The zero-order valence-corrected chi connectivity index (χ0v) is 19.0. The van der Waals surface area contributed by atoms with Gasteiger partial charge in [0.05, 0.1) is 30.1 Å². The summed E-state index contributed by atoms with van der Waals surface area (Å²) in [5, 5.41) is 7.65. The molecule has 7 heteroatoms. The molecule has 1 aromatic rings. The molecule has 1 N–H and O–H groups in total. The average Bonchev–Trinajstić information content (AvgIpc) is 3.26. The summed E-state index contributed by atoms with van der Waals surface area (Å²) in [6.07, 6.45) is 11.5. The van der Waals surface area contributed by atoms with E-state index in [0.717, 1.165) is 75.3 Å². The molecular weight excluding hydrogens is 404 g/mol. The molecular formula is C25H36N4O3. The molecule has 0 radical (unpaired) electrons. The van der Waals surface area contributed by atoms with E-state index >= 15 is 0 Å². The number of amides is 2. The van der Waals surface area contributed by atoms with Gasteiger partial charge >= 0.3 is 0 Å². The van der Waals surface area contributed by atoms with E-state index in [9.17, 15) is 9.59 Å². The van der Waals surface area contributed by atoms with Gasteiger partial charge in [0.2, 0.25) is 11.8 Å². The second-order valence-electron chi connectivity index (χ2n) is 11.4. The van der Waals surface area contributed by atoms with Crippen molar-refractivity contribution in [3.05, 3.63) is 18.0 Å². The van der Waals surface area contributed by atoms with Crippen LogP contribution in [0.4, 0.5) is 0 Å². The summed E-state index contributed by atoms with van der Waals surface area (Å²) in [5.41, 5.74) is 0.920. The summed E-state index contributed by atoms with van der Waals surface area (Å²) >= 11 is 0. The van der Waals surface area contributed by atoms with E-state index in [2.05, 4.69) is 15.3 Å². The first kappa shape index (κ1) is 20.7. The van der Waals surface area contributed by atoms with Gasteiger partial charge in [0, 0.05) is 32.5 Å². The summed E-state index contributed by atoms with van der Waals surface area (Å²) in [6, 6.07) is 1.92. The van der Waals surface area contributed by atoms with Crippen LogP contribution in [0.5, 0.6) is 0 Å². The zero-order chi connectivity index (χ0) is 21.7. The van der Waals surface area contributed by atoms with Crippen LogP contribution < -0.4 is 5.32 Å². The average molecular weight is 441 g/mol. The van der Waals surface area contributed by atoms with Crippen LogP contribution in [0.3, 0.4) is 0 Å². The summed E-state index contributed by atoms with van der Waals surface area (Å²) in [4.78, 5) is 28.8. The van der Waals surface area contributed by atoms with Crippen molar-refractivity contribution in [2.45, 2.75) is 70.4 Å². The Bertz CT molecular complexity index is 839. The number of hydrogen-bond donors (Lipinski definition) is 1. The number of rotatable bonds is 5. The largest absolute Gasteiger partial charge is 0.381 e. The van der Waals surface area contributed by atoms with Crippen LogP contribution in [-0.4, -0.2) is 52.8 Å². The standard InChI is InChI=1S/C25H36N4O3/c30-23(26-14-17-2-5-32-6-3-17)10-22-16-28(15-21-1-4-27-29(21)22)24(31)25-11-18-7-19(12-25)9-20(8-18)13-25/h1,4,17-20,22H,2-3,5-16H2,(H,26,30)/t18?,19?,20?,22-,25?/m0/s1. The van der Waals surface area contributed by atoms with Gasteiger partial charge in [-0.1, -0.05) is 0 Å². The normalized spacial score (nSPS) is 36.2. The van der Waals surface area contributed by atoms with Gasteiger partial charge in [0.25, 0.3) is 0 Å². The second kappa shape index (κ2) is 8.15. The number of carbonyl (C=O) groups is 2. The Hall–Kier alpha value is -1.89. The molecule has 0 spiro atoms. The minimum absolute atomic E-state index is 0.0621. The first-order valence-corrected chi connectivity index (χ1v) is 12.7. The van der Waals surface area contributed by atoms with Crippen molar-refractivity contribution in [2.24, 2.45) is 29.1 Å². The van der Waals surface area contributed by atoms with Gasteiger partial charge < -0.3 is 15.0 Å². The molecule has 5 fully saturated rings. The SMILES string of the molecule is O=C(C[C@H]1CN(C(=O)C23CC4CC(CC(C4)C2)C3)Cc2ccnn21)NCC1CCOCC1. The lowest BCUT2D eigenvalue weighted by Gasteiger charge is -2.57. The number of carbonyl (C=O) groups excluding carboxylic acids is 2. The zero-order valence-electron chi connectivity index (χ0n) is 19.0. The van der Waals surface area contributed by atoms with Crippen LogP contribution in [0, 0.1) is 29.1 Å². The highest BCUT2D eigenvalue weighted by molar-refractivity contribution is 5.83. The van der Waals surface area contributed by atoms with Gasteiger partial charge in [-0.25, -0.2) is 0 Å². The Balaban J connectivity index is 1.13. The van der Waals surface area contributed by atoms with Crippen LogP contribution in [0.2, 0.25) is 0 Å². The van der Waals surface area contributed by atoms with Crippen LogP contribution in [-0.2, 0) is 20.9 Å². The highest BCUT2D eigenvalue weighted by Gasteiger charge is 2.56. The first-order valence-electron chi connectivity index (χ1n) is 12.7. The Morgan fingerprint density at radius 3 is 2.47 bits per heavy atom. The summed E-state index contributed by atoms with van der Waals surface area (Å²) in [6.45, 7) is 3.53. The van der Waals surface area contributed by atoms with Gasteiger partial charge in [-0.05, 0) is 81.1 Å². The molecule has 6 aliphatic rings. The third-order valence-corrected chi connectivity index (χ3v) is 9.01. The van der Waals surface area contributed by atoms with E-state index in [1.165, 1.54) is 19.3 Å². The lowest BCUT2D eigenvalue weighted by Crippen LogP contribution is -2.56. The minimum Gasteiger partial charge on any atom is -0.381 e. The van der Waals surface area contributed by atoms with Crippen molar-refractivity contribution in [3.63, 3.8) is 0 Å². The lowest BCUT2D eigenvalue weighted by molar-refractivity contribution is -0.160. The van der Waals surface area contributed by atoms with Crippen molar-refractivity contribution < 1.29 is 14.3 Å². The lowest BCUT2D eigenvalue weighted by atomic mass is 9.49. The topological polar surface area (TPSA) is 76.5 Å². The maximum absolute atomic E-state index is 13.9. The monoisotopic (exact) mass is 440 g/mol. The highest BCUT2D eigenvalue weighted by atomic mass is 16.5. The molecule has 2 amide bonds. The van der Waals surface area contributed by atoms with E-state index in [4.69, 9.17) is 4.74 Å². The van der Waals surface area contributed by atoms with Gasteiger partial charge in [0.1, 0.15) is 0 Å². The molecule has 1 atom stereocenters. The van der Waals surface area contributed by atoms with E-state index in [-0.39, 0.29) is 17.4 Å². The first-order chi connectivity index (χ1) is 15.6. The predicted octanol–water partition coefficient (Wildman–Crippen LogP) is 2.92. The molecule has 3 heterocycles. The second-order valence-corrected chi connectivity index (χ2v) is 11.4. The van der Waals surface area contributed by atoms with Crippen molar-refractivity contribution in [1.29, 1.82) is 0 Å². The molecule has 0 aromatic carbocycles. The van der Waals surface area contributed by atoms with E-state index < -0.39 is 0 Å². The number of nitrogens with one attached hydrogen (secondary N) is 1. The van der Waals surface area contributed by atoms with E-state index in [1.54, 1.807) is 6.20 Å². The van der Waals surface area contributed by atoms with Gasteiger partial charge in [0.15, 0.2) is 0 Å². The quantitative estimate of drug-likeness (QED) is 0.764. The smallest absolute Gasteiger partial charge is 0.229 e. The fraction of sp³-hybridized carbons (Fsp3) is 0.800. The third kappa shape index (κ3) is 3.76. The molecule has 4 bridgehead atoms. The molecule has 4 aliphatic carbocycles. The molecule has 1 saturated heterocycles. The van der Waals surface area contributed by atoms with Crippen molar-refractivity contribution in [3.8, 4) is 0 Å². The molecule has 7 nitrogen and oxygen atoms in total. The Kier molecular flexibility index (Phi) is 5.27. The van der Waals surface area contributed by atoms with Crippen molar-refractivity contribution in [1.82, 2.24) is 20.0 Å². The predicted molar refractivity (Wildman–Crippen MR) is 118 cm³/mol. The van der Waals surface area contributed by atoms with Crippen LogP contribution >= 0.6 is 0 Å². The van der Waals surface area contributed by atoms with Crippen LogP contribution in [0.15, 0.2) is 12.3 Å². The van der Waals surface area contributed by atoms with E-state index in [0.29, 0.717) is 31.3 Å². The van der Waals surface area contributed by atoms with Gasteiger partial charge in [-0.15, -0.1) is 0 Å². The van der Waals surface area contributed by atoms with Gasteiger partial charge in [-0.2, -0.15) is 5.10 Å². The number of ether oxygens (including phenoxy) is 1.